The van der Waals surface area contributed by atoms with Crippen molar-refractivity contribution >= 4 is 23.4 Å². The Hall–Kier alpha value is -3.94. The largest absolute Gasteiger partial charge is 0.481 e. The highest BCUT2D eigenvalue weighted by Crippen LogP contribution is 2.38. The average molecular weight is 473 g/mol. The third-order valence-corrected chi connectivity index (χ3v) is 6.93. The second-order valence-electron chi connectivity index (χ2n) is 9.19. The lowest BCUT2D eigenvalue weighted by Crippen LogP contribution is -2.32. The second kappa shape index (κ2) is 9.74. The van der Waals surface area contributed by atoms with E-state index in [1.165, 1.54) is 5.56 Å². The molecule has 1 aliphatic carbocycles. The van der Waals surface area contributed by atoms with Gasteiger partial charge in [-0.3, -0.25) is 9.59 Å². The Morgan fingerprint density at radius 2 is 1.74 bits per heavy atom. The van der Waals surface area contributed by atoms with E-state index < -0.39 is 5.97 Å². The number of hydrogen-bond donors (Lipinski definition) is 2. The zero-order valence-corrected chi connectivity index (χ0v) is 19.4. The Kier molecular flexibility index (Phi) is 6.35. The zero-order valence-electron chi connectivity index (χ0n) is 19.4. The predicted molar refractivity (Wildman–Crippen MR) is 132 cm³/mol. The van der Waals surface area contributed by atoms with Gasteiger partial charge in [-0.25, -0.2) is 4.98 Å². The van der Waals surface area contributed by atoms with E-state index in [0.717, 1.165) is 36.9 Å². The molecule has 1 fully saturated rings. The number of ether oxygens (including phenoxy) is 1. The van der Waals surface area contributed by atoms with Gasteiger partial charge in [0.25, 0.3) is 5.91 Å². The molecule has 0 saturated heterocycles. The molecule has 0 atom stereocenters. The third kappa shape index (κ3) is 4.82. The molecule has 1 aliphatic heterocycles. The highest BCUT2D eigenvalue weighted by atomic mass is 16.5. The maximum atomic E-state index is 13.5. The third-order valence-electron chi connectivity index (χ3n) is 6.93. The van der Waals surface area contributed by atoms with Gasteiger partial charge in [0.15, 0.2) is 5.82 Å². The van der Waals surface area contributed by atoms with Crippen LogP contribution in [0.2, 0.25) is 0 Å². The first-order valence-corrected chi connectivity index (χ1v) is 12.0. The molecular weight excluding hydrogens is 444 g/mol. The lowest BCUT2D eigenvalue weighted by Gasteiger charge is -2.28. The molecule has 35 heavy (non-hydrogen) atoms. The summed E-state index contributed by atoms with van der Waals surface area (Å²) in [5.41, 5.74) is 9.19. The molecule has 2 aliphatic rings. The first-order chi connectivity index (χ1) is 17.0. The van der Waals surface area contributed by atoms with Crippen LogP contribution >= 0.6 is 0 Å². The Bertz CT molecular complexity index is 1220. The van der Waals surface area contributed by atoms with Crippen LogP contribution in [0.3, 0.4) is 0 Å². The van der Waals surface area contributed by atoms with Gasteiger partial charge in [-0.15, -0.1) is 0 Å². The van der Waals surface area contributed by atoms with Gasteiger partial charge in [-0.1, -0.05) is 42.5 Å². The second-order valence-corrected chi connectivity index (χ2v) is 9.19. The van der Waals surface area contributed by atoms with Gasteiger partial charge in [-0.05, 0) is 55.2 Å². The van der Waals surface area contributed by atoms with Crippen molar-refractivity contribution in [1.29, 1.82) is 0 Å². The van der Waals surface area contributed by atoms with Crippen molar-refractivity contribution in [2.24, 2.45) is 5.92 Å². The molecule has 0 radical (unpaired) electrons. The van der Waals surface area contributed by atoms with E-state index >= 15 is 0 Å². The van der Waals surface area contributed by atoms with Gasteiger partial charge in [0.1, 0.15) is 18.0 Å². The number of nitrogen functional groups attached to an aromatic ring is 1. The molecule has 8 nitrogen and oxygen atoms in total. The van der Waals surface area contributed by atoms with Crippen molar-refractivity contribution in [2.75, 3.05) is 23.8 Å². The van der Waals surface area contributed by atoms with Crippen LogP contribution in [-0.4, -0.2) is 40.1 Å². The van der Waals surface area contributed by atoms with E-state index in [1.807, 2.05) is 42.5 Å². The van der Waals surface area contributed by atoms with Crippen LogP contribution < -0.4 is 15.4 Å². The van der Waals surface area contributed by atoms with Gasteiger partial charge in [0.2, 0.25) is 5.88 Å². The summed E-state index contributed by atoms with van der Waals surface area (Å²) in [7, 11) is 0. The van der Waals surface area contributed by atoms with Crippen LogP contribution in [0.1, 0.15) is 53.9 Å². The molecule has 8 heteroatoms. The van der Waals surface area contributed by atoms with Gasteiger partial charge < -0.3 is 20.5 Å². The fourth-order valence-electron chi connectivity index (χ4n) is 5.07. The number of aliphatic carboxylic acids is 1. The van der Waals surface area contributed by atoms with E-state index in [9.17, 15) is 9.59 Å². The number of nitrogens with zero attached hydrogens (tertiary/aromatic N) is 3. The summed E-state index contributed by atoms with van der Waals surface area (Å²) < 4.78 is 5.83. The minimum Gasteiger partial charge on any atom is -0.481 e. The predicted octanol–water partition coefficient (Wildman–Crippen LogP) is 4.51. The Morgan fingerprint density at radius 3 is 2.43 bits per heavy atom. The lowest BCUT2D eigenvalue weighted by molar-refractivity contribution is -0.138. The average Bonchev–Trinajstić information content (AvgIpc) is 3.03. The summed E-state index contributed by atoms with van der Waals surface area (Å²) in [6, 6.07) is 17.5. The van der Waals surface area contributed by atoms with E-state index in [1.54, 1.807) is 4.90 Å². The molecule has 0 spiro atoms. The Morgan fingerprint density at radius 1 is 1.03 bits per heavy atom. The Balaban J connectivity index is 1.34. The molecule has 0 bridgehead atoms. The van der Waals surface area contributed by atoms with Gasteiger partial charge in [-0.2, -0.15) is 4.98 Å². The monoisotopic (exact) mass is 472 g/mol. The number of anilines is 2. The summed E-state index contributed by atoms with van der Waals surface area (Å²) in [5.74, 6) is 0.417. The van der Waals surface area contributed by atoms with Crippen LogP contribution in [0.25, 0.3) is 11.4 Å². The number of aromatic nitrogens is 2. The van der Waals surface area contributed by atoms with Crippen molar-refractivity contribution in [3.05, 3.63) is 65.7 Å². The number of benzene rings is 2. The summed E-state index contributed by atoms with van der Waals surface area (Å²) >= 11 is 0. The molecule has 2 aromatic carbocycles. The van der Waals surface area contributed by atoms with E-state index in [-0.39, 0.29) is 35.5 Å². The highest BCUT2D eigenvalue weighted by Gasteiger charge is 2.30. The maximum absolute atomic E-state index is 13.5. The summed E-state index contributed by atoms with van der Waals surface area (Å²) in [6.07, 6.45) is 4.09. The molecule has 0 unspecified atom stereocenters. The van der Waals surface area contributed by atoms with Crippen LogP contribution in [0.5, 0.6) is 5.88 Å². The number of nitrogens with two attached hydrogens (primary N) is 1. The number of fused-ring (bicyclic) bond motifs is 1. The van der Waals surface area contributed by atoms with Gasteiger partial charge >= 0.3 is 5.97 Å². The summed E-state index contributed by atoms with van der Waals surface area (Å²) in [6.45, 7) is 0.660. The minimum atomic E-state index is -0.715. The van der Waals surface area contributed by atoms with E-state index in [4.69, 9.17) is 15.6 Å². The van der Waals surface area contributed by atoms with Crippen LogP contribution in [0.4, 0.5) is 11.5 Å². The number of carboxylic acid groups (broad SMARTS) is 1. The number of amides is 1. The van der Waals surface area contributed by atoms with E-state index in [0.29, 0.717) is 24.9 Å². The van der Waals surface area contributed by atoms with Gasteiger partial charge in [0, 0.05) is 17.7 Å². The number of rotatable bonds is 5. The topological polar surface area (TPSA) is 119 Å². The van der Waals surface area contributed by atoms with Crippen LogP contribution in [0, 0.1) is 5.92 Å². The van der Waals surface area contributed by atoms with Crippen LogP contribution in [0.15, 0.2) is 54.6 Å². The summed E-state index contributed by atoms with van der Waals surface area (Å²) in [5, 5.41) is 9.03. The number of carboxylic acids is 1. The normalized spacial score (nSPS) is 20.0. The quantitative estimate of drug-likeness (QED) is 0.561. The first kappa shape index (κ1) is 22.8. The minimum absolute atomic E-state index is 0.0977. The number of carbonyl (C=O) groups is 2. The molecule has 2 heterocycles. The molecule has 1 amide bonds. The SMILES string of the molecule is Nc1nc(-c2ccccc2)nc2c1C(=O)N(c1ccc(C3CCC(CC(=O)O)CC3)cc1)CCO2. The highest BCUT2D eigenvalue weighted by molar-refractivity contribution is 6.10. The number of carbonyl (C=O) groups excluding carboxylic acids is 1. The van der Waals surface area contributed by atoms with Gasteiger partial charge in [0.05, 0.1) is 6.54 Å². The van der Waals surface area contributed by atoms with Crippen molar-refractivity contribution in [2.45, 2.75) is 38.0 Å². The zero-order chi connectivity index (χ0) is 24.4. The smallest absolute Gasteiger partial charge is 0.303 e. The molecule has 1 aromatic heterocycles. The first-order valence-electron chi connectivity index (χ1n) is 12.0. The molecular formula is C27H28N4O4. The summed E-state index contributed by atoms with van der Waals surface area (Å²) in [4.78, 5) is 35.0. The maximum Gasteiger partial charge on any atom is 0.303 e. The molecule has 180 valence electrons. The fourth-order valence-corrected chi connectivity index (χ4v) is 5.07. The fraction of sp³-hybridized carbons (Fsp3) is 0.333. The van der Waals surface area contributed by atoms with Crippen molar-refractivity contribution in [3.8, 4) is 17.3 Å². The van der Waals surface area contributed by atoms with Crippen molar-refractivity contribution in [3.63, 3.8) is 0 Å². The Labute approximate surface area is 203 Å². The molecule has 1 saturated carbocycles. The van der Waals surface area contributed by atoms with Crippen LogP contribution in [-0.2, 0) is 4.79 Å². The lowest BCUT2D eigenvalue weighted by atomic mass is 9.77. The molecule has 3 N–H and O–H groups in total. The molecule has 5 rings (SSSR count). The standard InChI is InChI=1S/C27H28N4O4/c28-24-23-26(30-25(29-24)20-4-2-1-3-5-20)35-15-14-31(27(23)34)21-12-10-19(11-13-21)18-8-6-17(7-9-18)16-22(32)33/h1-5,10-13,17-18H,6-9,14-16H2,(H,32,33)(H2,28,29,30). The van der Waals surface area contributed by atoms with Crippen molar-refractivity contribution < 1.29 is 19.4 Å². The number of hydrogen-bond acceptors (Lipinski definition) is 6. The molecule has 3 aromatic rings. The van der Waals surface area contributed by atoms with Crippen molar-refractivity contribution in [1.82, 2.24) is 9.97 Å². The van der Waals surface area contributed by atoms with E-state index in [2.05, 4.69) is 22.1 Å².